The third-order valence-electron chi connectivity index (χ3n) is 10.4. The van der Waals surface area contributed by atoms with Gasteiger partial charge in [0.1, 0.15) is 28.7 Å². The number of fused-ring (bicyclic) bond motifs is 1. The van der Waals surface area contributed by atoms with E-state index < -0.39 is 51.7 Å². The van der Waals surface area contributed by atoms with Gasteiger partial charge in [-0.1, -0.05) is 12.1 Å². The summed E-state index contributed by atoms with van der Waals surface area (Å²) in [6.45, 7) is 6.99. The van der Waals surface area contributed by atoms with Crippen molar-refractivity contribution >= 4 is 45.2 Å². The molecule has 1 aliphatic heterocycles. The van der Waals surface area contributed by atoms with Crippen LogP contribution >= 0.6 is 0 Å². The van der Waals surface area contributed by atoms with Crippen molar-refractivity contribution in [2.75, 3.05) is 17.5 Å². The zero-order chi connectivity index (χ0) is 39.5. The molecule has 1 saturated carbocycles. The van der Waals surface area contributed by atoms with Crippen molar-refractivity contribution in [1.29, 1.82) is 0 Å². The van der Waals surface area contributed by atoms with Crippen molar-refractivity contribution in [2.45, 2.75) is 70.3 Å². The van der Waals surface area contributed by atoms with E-state index in [9.17, 15) is 30.8 Å². The van der Waals surface area contributed by atoms with E-state index in [0.29, 0.717) is 28.0 Å². The van der Waals surface area contributed by atoms with Crippen LogP contribution in [0.15, 0.2) is 83.3 Å². The Morgan fingerprint density at radius 2 is 1.53 bits per heavy atom. The molecule has 1 aliphatic carbocycles. The standard InChI is InChI=1S/C40H39BF4N2O7S/c1-38(2)39(3,4)54-41(53-38)32-17-6-23(20-31(32)40(43,44)45)18-19-55(49,50)47-33-22-34-30(21-29(33)24-7-8-24)35(37(48)46-5)36(52-34)25-9-13-27(14-10-25)51-28-15-11-26(42)12-16-28/h6,9-17,20-22,24,47H,7-8,18-19H2,1-5H3,(H,46,48). The number of carbonyl (C=O) groups is 1. The first-order valence-corrected chi connectivity index (χ1v) is 19.4. The van der Waals surface area contributed by atoms with Gasteiger partial charge in [-0.3, -0.25) is 9.52 Å². The van der Waals surface area contributed by atoms with Gasteiger partial charge in [0.05, 0.1) is 33.8 Å². The van der Waals surface area contributed by atoms with E-state index in [4.69, 9.17) is 18.5 Å². The summed E-state index contributed by atoms with van der Waals surface area (Å²) in [5.41, 5.74) is -0.618. The number of aryl methyl sites for hydroxylation is 1. The number of benzene rings is 4. The zero-order valence-corrected chi connectivity index (χ0v) is 31.6. The van der Waals surface area contributed by atoms with Crippen molar-refractivity contribution in [1.82, 2.24) is 5.32 Å². The van der Waals surface area contributed by atoms with Gasteiger partial charge < -0.3 is 23.8 Å². The maximum Gasteiger partial charge on any atom is 0.495 e. The van der Waals surface area contributed by atoms with E-state index in [1.807, 2.05) is 0 Å². The molecule has 2 heterocycles. The summed E-state index contributed by atoms with van der Waals surface area (Å²) in [4.78, 5) is 13.3. The molecule has 15 heteroatoms. The Bertz CT molecular complexity index is 2360. The average Bonchev–Trinajstić information content (AvgIpc) is 3.86. The largest absolute Gasteiger partial charge is 0.495 e. The van der Waals surface area contributed by atoms with Crippen molar-refractivity contribution in [3.63, 3.8) is 0 Å². The topological polar surface area (TPSA) is 116 Å². The third-order valence-corrected chi connectivity index (χ3v) is 11.6. The monoisotopic (exact) mass is 778 g/mol. The molecule has 0 unspecified atom stereocenters. The predicted octanol–water partition coefficient (Wildman–Crippen LogP) is 8.57. The second-order valence-electron chi connectivity index (χ2n) is 14.9. The number of anilines is 1. The van der Waals surface area contributed by atoms with Gasteiger partial charge in [0.25, 0.3) is 5.91 Å². The number of nitrogens with one attached hydrogen (secondary N) is 2. The minimum Gasteiger partial charge on any atom is -0.457 e. The van der Waals surface area contributed by atoms with Gasteiger partial charge >= 0.3 is 13.3 Å². The molecule has 0 atom stereocenters. The molecule has 0 radical (unpaired) electrons. The van der Waals surface area contributed by atoms with Gasteiger partial charge in [-0.15, -0.1) is 0 Å². The van der Waals surface area contributed by atoms with Crippen LogP contribution in [0.3, 0.4) is 0 Å². The van der Waals surface area contributed by atoms with E-state index in [2.05, 4.69) is 10.0 Å². The van der Waals surface area contributed by atoms with E-state index in [-0.39, 0.29) is 51.8 Å². The Morgan fingerprint density at radius 1 is 0.909 bits per heavy atom. The van der Waals surface area contributed by atoms with E-state index in [0.717, 1.165) is 18.9 Å². The van der Waals surface area contributed by atoms with Crippen molar-refractivity contribution < 1.29 is 49.2 Å². The second-order valence-corrected chi connectivity index (χ2v) is 16.7. The quantitative estimate of drug-likeness (QED) is 0.102. The second kappa shape index (κ2) is 14.0. The highest BCUT2D eigenvalue weighted by Crippen LogP contribution is 2.47. The van der Waals surface area contributed by atoms with E-state index in [1.165, 1.54) is 43.4 Å². The van der Waals surface area contributed by atoms with Crippen molar-refractivity contribution in [2.24, 2.45) is 0 Å². The maximum atomic E-state index is 14.3. The Morgan fingerprint density at radius 3 is 2.11 bits per heavy atom. The lowest BCUT2D eigenvalue weighted by Crippen LogP contribution is -2.41. The maximum absolute atomic E-state index is 14.3. The van der Waals surface area contributed by atoms with Crippen LogP contribution in [0.4, 0.5) is 23.2 Å². The molecule has 55 heavy (non-hydrogen) atoms. The van der Waals surface area contributed by atoms with Crippen LogP contribution in [-0.4, -0.2) is 45.4 Å². The zero-order valence-electron chi connectivity index (χ0n) is 30.8. The Kier molecular flexibility index (Phi) is 9.79. The summed E-state index contributed by atoms with van der Waals surface area (Å²) in [7, 11) is -3.83. The molecule has 288 valence electrons. The van der Waals surface area contributed by atoms with Crippen LogP contribution in [0.1, 0.15) is 73.5 Å². The van der Waals surface area contributed by atoms with Crippen molar-refractivity contribution in [3.05, 3.63) is 107 Å². The number of hydrogen-bond donors (Lipinski definition) is 2. The highest BCUT2D eigenvalue weighted by atomic mass is 32.2. The van der Waals surface area contributed by atoms with Crippen LogP contribution in [0, 0.1) is 5.82 Å². The van der Waals surface area contributed by atoms with Crippen LogP contribution in [0.5, 0.6) is 11.5 Å². The number of furan rings is 1. The first-order valence-electron chi connectivity index (χ1n) is 17.8. The number of amides is 1. The van der Waals surface area contributed by atoms with E-state index in [1.54, 1.807) is 64.1 Å². The van der Waals surface area contributed by atoms with Crippen molar-refractivity contribution in [3.8, 4) is 22.8 Å². The first-order chi connectivity index (χ1) is 25.8. The molecular weight excluding hydrogens is 739 g/mol. The van der Waals surface area contributed by atoms with Crippen LogP contribution in [-0.2, 0) is 31.9 Å². The normalized spacial score (nSPS) is 16.7. The van der Waals surface area contributed by atoms with Gasteiger partial charge in [0.2, 0.25) is 10.0 Å². The SMILES string of the molecule is CNC(=O)c1c(-c2ccc(Oc3ccc(F)cc3)cc2)oc2cc(NS(=O)(=O)CCc3ccc(B4OC(C)(C)C(C)(C)O4)c(C(F)(F)F)c3)c(C3CC3)cc12. The number of alkyl halides is 3. The third kappa shape index (κ3) is 7.96. The fourth-order valence-corrected chi connectivity index (χ4v) is 7.62. The average molecular weight is 779 g/mol. The highest BCUT2D eigenvalue weighted by molar-refractivity contribution is 7.92. The Hall–Kier alpha value is -4.86. The lowest BCUT2D eigenvalue weighted by molar-refractivity contribution is -0.136. The number of halogens is 4. The molecule has 0 spiro atoms. The van der Waals surface area contributed by atoms with Gasteiger partial charge in [0, 0.05) is 24.1 Å². The summed E-state index contributed by atoms with van der Waals surface area (Å²) >= 11 is 0. The fraction of sp³-hybridized carbons (Fsp3) is 0.325. The van der Waals surface area contributed by atoms with E-state index >= 15 is 0 Å². The minimum atomic E-state index is -4.74. The molecule has 4 aromatic carbocycles. The Labute approximate surface area is 316 Å². The van der Waals surface area contributed by atoms with Gasteiger partial charge in [-0.25, -0.2) is 12.8 Å². The minimum absolute atomic E-state index is 0.0396. The molecule has 0 bridgehead atoms. The predicted molar refractivity (Wildman–Crippen MR) is 202 cm³/mol. The summed E-state index contributed by atoms with van der Waals surface area (Å²) in [5, 5.41) is 3.15. The molecule has 2 N–H and O–H groups in total. The first kappa shape index (κ1) is 38.4. The molecule has 1 saturated heterocycles. The molecule has 9 nitrogen and oxygen atoms in total. The molecule has 1 amide bonds. The Balaban J connectivity index is 1.14. The molecular formula is C40H39BF4N2O7S. The fourth-order valence-electron chi connectivity index (χ4n) is 6.50. The smallest absolute Gasteiger partial charge is 0.457 e. The lowest BCUT2D eigenvalue weighted by atomic mass is 9.75. The number of sulfonamides is 1. The highest BCUT2D eigenvalue weighted by Gasteiger charge is 2.53. The lowest BCUT2D eigenvalue weighted by Gasteiger charge is -2.32. The summed E-state index contributed by atoms with van der Waals surface area (Å²) < 4.78 is 110. The number of rotatable bonds is 11. The number of carbonyl (C=O) groups excluding carboxylic acids is 1. The van der Waals surface area contributed by atoms with Crippen LogP contribution in [0.25, 0.3) is 22.3 Å². The molecule has 1 aromatic heterocycles. The van der Waals surface area contributed by atoms with Crippen LogP contribution < -0.4 is 20.2 Å². The van der Waals surface area contributed by atoms with Gasteiger partial charge in [0.15, 0.2) is 0 Å². The number of hydrogen-bond acceptors (Lipinski definition) is 7. The summed E-state index contributed by atoms with van der Waals surface area (Å²) in [6, 6.07) is 19.3. The van der Waals surface area contributed by atoms with Crippen LogP contribution in [0.2, 0.25) is 0 Å². The van der Waals surface area contributed by atoms with Gasteiger partial charge in [-0.2, -0.15) is 13.2 Å². The molecule has 2 aliphatic rings. The number of ether oxygens (including phenoxy) is 1. The summed E-state index contributed by atoms with van der Waals surface area (Å²) in [6.07, 6.45) is -3.32. The molecule has 2 fully saturated rings. The summed E-state index contributed by atoms with van der Waals surface area (Å²) in [5.74, 6) is -0.0878. The van der Waals surface area contributed by atoms with Gasteiger partial charge in [-0.05, 0) is 130 Å². The molecule has 5 aromatic rings. The molecule has 7 rings (SSSR count).